The number of nitrogens with zero attached hydrogens (tertiary/aromatic N) is 2. The largest absolute Gasteiger partial charge is 0.495 e. The highest BCUT2D eigenvalue weighted by Gasteiger charge is 2.18. The molecule has 1 aromatic carbocycles. The lowest BCUT2D eigenvalue weighted by Crippen LogP contribution is -2.41. The van der Waals surface area contributed by atoms with Gasteiger partial charge in [0.2, 0.25) is 5.95 Å². The van der Waals surface area contributed by atoms with E-state index in [1.165, 1.54) is 0 Å². The molecule has 0 fully saturated rings. The summed E-state index contributed by atoms with van der Waals surface area (Å²) in [4.78, 5) is 21.0. The van der Waals surface area contributed by atoms with E-state index in [2.05, 4.69) is 20.6 Å². The lowest BCUT2D eigenvalue weighted by molar-refractivity contribution is 0.0914. The van der Waals surface area contributed by atoms with Gasteiger partial charge in [-0.25, -0.2) is 9.97 Å². The molecule has 1 heterocycles. The average Bonchev–Trinajstić information content (AvgIpc) is 2.45. The number of hydrogen-bond donors (Lipinski definition) is 2. The zero-order valence-electron chi connectivity index (χ0n) is 15.0. The van der Waals surface area contributed by atoms with Crippen molar-refractivity contribution < 1.29 is 9.53 Å². The Hall–Kier alpha value is -2.63. The number of benzene rings is 1. The van der Waals surface area contributed by atoms with Crippen LogP contribution in [0, 0.1) is 13.8 Å². The van der Waals surface area contributed by atoms with E-state index < -0.39 is 0 Å². The number of aryl methyl sites for hydroxylation is 2. The van der Waals surface area contributed by atoms with Crippen molar-refractivity contribution in [2.75, 3.05) is 12.4 Å². The molecule has 24 heavy (non-hydrogen) atoms. The van der Waals surface area contributed by atoms with Crippen molar-refractivity contribution in [3.63, 3.8) is 0 Å². The molecule has 0 atom stereocenters. The minimum absolute atomic E-state index is 0.229. The van der Waals surface area contributed by atoms with Crippen molar-refractivity contribution in [2.45, 2.75) is 40.2 Å². The molecule has 0 aliphatic carbocycles. The predicted molar refractivity (Wildman–Crippen MR) is 95.0 cm³/mol. The molecular weight excluding hydrogens is 304 g/mol. The summed E-state index contributed by atoms with van der Waals surface area (Å²) >= 11 is 0. The summed E-state index contributed by atoms with van der Waals surface area (Å²) in [5, 5.41) is 6.04. The Morgan fingerprint density at radius 3 is 2.46 bits per heavy atom. The van der Waals surface area contributed by atoms with Gasteiger partial charge in [-0.3, -0.25) is 4.79 Å². The number of aromatic nitrogens is 2. The fraction of sp³-hybridized carbons (Fsp3) is 0.389. The number of ether oxygens (including phenoxy) is 1. The molecule has 1 amide bonds. The maximum Gasteiger partial charge on any atom is 0.270 e. The second-order valence-corrected chi connectivity index (χ2v) is 6.75. The van der Waals surface area contributed by atoms with E-state index in [4.69, 9.17) is 4.74 Å². The lowest BCUT2D eigenvalue weighted by atomic mass is 10.1. The van der Waals surface area contributed by atoms with Crippen molar-refractivity contribution in [3.8, 4) is 5.75 Å². The third kappa shape index (κ3) is 4.68. The minimum atomic E-state index is -0.330. The smallest absolute Gasteiger partial charge is 0.270 e. The van der Waals surface area contributed by atoms with Gasteiger partial charge in [0, 0.05) is 11.2 Å². The Kier molecular flexibility index (Phi) is 5.07. The first-order chi connectivity index (χ1) is 11.2. The standard InChI is InChI=1S/C18H24N4O2/c1-11-7-8-15(24-6)13(9-11)20-17-19-12(2)10-14(21-17)16(23)22-18(3,4)5/h7-10H,1-6H3,(H,22,23)(H,19,20,21). The van der Waals surface area contributed by atoms with E-state index in [1.807, 2.05) is 52.8 Å². The SMILES string of the molecule is COc1ccc(C)cc1Nc1nc(C)cc(C(=O)NC(C)(C)C)n1. The maximum absolute atomic E-state index is 12.3. The Bertz CT molecular complexity index is 751. The van der Waals surface area contributed by atoms with Gasteiger partial charge in [-0.1, -0.05) is 6.07 Å². The zero-order chi connectivity index (χ0) is 17.9. The van der Waals surface area contributed by atoms with Crippen LogP contribution in [0.5, 0.6) is 5.75 Å². The molecule has 2 rings (SSSR count). The molecule has 1 aromatic heterocycles. The number of amides is 1. The Labute approximate surface area is 142 Å². The molecule has 0 saturated heterocycles. The van der Waals surface area contributed by atoms with Crippen molar-refractivity contribution in [3.05, 3.63) is 41.2 Å². The second kappa shape index (κ2) is 6.86. The number of hydrogen-bond acceptors (Lipinski definition) is 5. The summed E-state index contributed by atoms with van der Waals surface area (Å²) in [6.45, 7) is 9.60. The van der Waals surface area contributed by atoms with Crippen LogP contribution in [-0.4, -0.2) is 28.5 Å². The molecule has 0 aliphatic heterocycles. The van der Waals surface area contributed by atoms with Gasteiger partial charge in [-0.2, -0.15) is 0 Å². The Morgan fingerprint density at radius 1 is 1.12 bits per heavy atom. The monoisotopic (exact) mass is 328 g/mol. The number of methoxy groups -OCH3 is 1. The van der Waals surface area contributed by atoms with Gasteiger partial charge in [0.15, 0.2) is 0 Å². The van der Waals surface area contributed by atoms with Crippen molar-refractivity contribution in [1.29, 1.82) is 0 Å². The van der Waals surface area contributed by atoms with Crippen LogP contribution in [0.2, 0.25) is 0 Å². The first-order valence-corrected chi connectivity index (χ1v) is 7.78. The molecule has 6 nitrogen and oxygen atoms in total. The number of carbonyl (C=O) groups excluding carboxylic acids is 1. The lowest BCUT2D eigenvalue weighted by Gasteiger charge is -2.20. The first-order valence-electron chi connectivity index (χ1n) is 7.78. The molecule has 6 heteroatoms. The van der Waals surface area contributed by atoms with Crippen molar-refractivity contribution in [2.24, 2.45) is 0 Å². The summed E-state index contributed by atoms with van der Waals surface area (Å²) < 4.78 is 5.35. The molecule has 0 saturated carbocycles. The predicted octanol–water partition coefficient (Wildman–Crippen LogP) is 3.37. The molecule has 0 unspecified atom stereocenters. The topological polar surface area (TPSA) is 76.1 Å². The van der Waals surface area contributed by atoms with Gasteiger partial charge in [-0.15, -0.1) is 0 Å². The van der Waals surface area contributed by atoms with Crippen LogP contribution in [0.15, 0.2) is 24.3 Å². The molecule has 128 valence electrons. The van der Waals surface area contributed by atoms with E-state index in [0.29, 0.717) is 23.1 Å². The fourth-order valence-electron chi connectivity index (χ4n) is 2.19. The second-order valence-electron chi connectivity index (χ2n) is 6.75. The summed E-state index contributed by atoms with van der Waals surface area (Å²) in [5.74, 6) is 0.816. The van der Waals surface area contributed by atoms with Crippen LogP contribution >= 0.6 is 0 Å². The van der Waals surface area contributed by atoms with E-state index in [0.717, 1.165) is 11.3 Å². The Balaban J connectivity index is 2.32. The number of rotatable bonds is 4. The molecule has 0 radical (unpaired) electrons. The zero-order valence-corrected chi connectivity index (χ0v) is 15.0. The maximum atomic E-state index is 12.3. The summed E-state index contributed by atoms with van der Waals surface area (Å²) in [6.07, 6.45) is 0. The molecular formula is C18H24N4O2. The normalized spacial score (nSPS) is 11.1. The first kappa shape index (κ1) is 17.7. The van der Waals surface area contributed by atoms with Gasteiger partial charge in [0.1, 0.15) is 11.4 Å². The highest BCUT2D eigenvalue weighted by Crippen LogP contribution is 2.27. The average molecular weight is 328 g/mol. The summed E-state index contributed by atoms with van der Waals surface area (Å²) in [7, 11) is 1.61. The third-order valence-corrected chi connectivity index (χ3v) is 3.18. The van der Waals surface area contributed by atoms with Crippen LogP contribution in [0.1, 0.15) is 42.5 Å². The minimum Gasteiger partial charge on any atom is -0.495 e. The number of carbonyl (C=O) groups is 1. The van der Waals surface area contributed by atoms with E-state index in [-0.39, 0.29) is 11.4 Å². The highest BCUT2D eigenvalue weighted by atomic mass is 16.5. The number of anilines is 2. The number of nitrogens with one attached hydrogen (secondary N) is 2. The Morgan fingerprint density at radius 2 is 1.83 bits per heavy atom. The van der Waals surface area contributed by atoms with Crippen LogP contribution in [0.4, 0.5) is 11.6 Å². The summed E-state index contributed by atoms with van der Waals surface area (Å²) in [5.41, 5.74) is 2.54. The van der Waals surface area contributed by atoms with E-state index in [9.17, 15) is 4.79 Å². The highest BCUT2D eigenvalue weighted by molar-refractivity contribution is 5.93. The quantitative estimate of drug-likeness (QED) is 0.900. The van der Waals surface area contributed by atoms with Gasteiger partial charge >= 0.3 is 0 Å². The van der Waals surface area contributed by atoms with E-state index in [1.54, 1.807) is 13.2 Å². The van der Waals surface area contributed by atoms with Crippen LogP contribution in [-0.2, 0) is 0 Å². The van der Waals surface area contributed by atoms with Gasteiger partial charge in [-0.05, 0) is 58.4 Å². The van der Waals surface area contributed by atoms with Crippen LogP contribution < -0.4 is 15.4 Å². The molecule has 0 aliphatic rings. The molecule has 0 bridgehead atoms. The van der Waals surface area contributed by atoms with Gasteiger partial charge in [0.05, 0.1) is 12.8 Å². The van der Waals surface area contributed by atoms with Crippen LogP contribution in [0.3, 0.4) is 0 Å². The van der Waals surface area contributed by atoms with E-state index >= 15 is 0 Å². The molecule has 2 N–H and O–H groups in total. The van der Waals surface area contributed by atoms with Crippen molar-refractivity contribution in [1.82, 2.24) is 15.3 Å². The fourth-order valence-corrected chi connectivity index (χ4v) is 2.19. The molecule has 2 aromatic rings. The summed E-state index contributed by atoms with van der Waals surface area (Å²) in [6, 6.07) is 7.45. The molecule has 0 spiro atoms. The van der Waals surface area contributed by atoms with Crippen LogP contribution in [0.25, 0.3) is 0 Å². The van der Waals surface area contributed by atoms with Gasteiger partial charge in [0.25, 0.3) is 5.91 Å². The van der Waals surface area contributed by atoms with Gasteiger partial charge < -0.3 is 15.4 Å². The third-order valence-electron chi connectivity index (χ3n) is 3.18. The van der Waals surface area contributed by atoms with Crippen molar-refractivity contribution >= 4 is 17.5 Å².